The fraction of sp³-hybridized carbons (Fsp3) is 0.619. The highest BCUT2D eigenvalue weighted by Crippen LogP contribution is 2.28. The van der Waals surface area contributed by atoms with Gasteiger partial charge in [-0.2, -0.15) is 0 Å². The molecule has 1 saturated heterocycles. The molecule has 26 heavy (non-hydrogen) atoms. The highest BCUT2D eigenvalue weighted by atomic mass is 16.5. The number of piperazine rings is 1. The van der Waals surface area contributed by atoms with Gasteiger partial charge in [0.1, 0.15) is 0 Å². The molecule has 1 aromatic carbocycles. The number of hydrogen-bond donors (Lipinski definition) is 0. The van der Waals surface area contributed by atoms with Crippen LogP contribution < -0.4 is 0 Å². The Hall–Kier alpha value is -1.88. The zero-order chi connectivity index (χ0) is 18.4. The van der Waals surface area contributed by atoms with Crippen LogP contribution in [0.4, 0.5) is 0 Å². The standard InChI is InChI=1S/C21H30N2O3/c1-26-21(25)19-9-6-18(7-10-19)16-22-12-14-23(15-13-22)20(24)11-8-17-4-2-3-5-17/h6-7,9-10,17H,2-5,8,11-16H2,1H3. The van der Waals surface area contributed by atoms with Gasteiger partial charge in [0.25, 0.3) is 0 Å². The molecular weight excluding hydrogens is 328 g/mol. The van der Waals surface area contributed by atoms with Crippen LogP contribution in [0.2, 0.25) is 0 Å². The maximum atomic E-state index is 12.4. The fourth-order valence-corrected chi connectivity index (χ4v) is 4.06. The molecular formula is C21H30N2O3. The quantitative estimate of drug-likeness (QED) is 0.733. The normalized spacial score (nSPS) is 18.9. The first kappa shape index (κ1) is 18.9. The van der Waals surface area contributed by atoms with Crippen molar-refractivity contribution in [2.75, 3.05) is 33.3 Å². The van der Waals surface area contributed by atoms with Gasteiger partial charge in [0.15, 0.2) is 0 Å². The van der Waals surface area contributed by atoms with Gasteiger partial charge in [-0.1, -0.05) is 37.8 Å². The molecule has 0 spiro atoms. The van der Waals surface area contributed by atoms with Crippen molar-refractivity contribution >= 4 is 11.9 Å². The van der Waals surface area contributed by atoms with Crippen molar-refractivity contribution in [2.24, 2.45) is 5.92 Å². The van der Waals surface area contributed by atoms with Gasteiger partial charge in [0.2, 0.25) is 5.91 Å². The van der Waals surface area contributed by atoms with Crippen LogP contribution in [-0.4, -0.2) is 55.0 Å². The van der Waals surface area contributed by atoms with Crippen LogP contribution in [0.15, 0.2) is 24.3 Å². The third-order valence-electron chi connectivity index (χ3n) is 5.75. The summed E-state index contributed by atoms with van der Waals surface area (Å²) in [7, 11) is 1.39. The van der Waals surface area contributed by atoms with Crippen LogP contribution in [0, 0.1) is 5.92 Å². The first-order chi connectivity index (χ1) is 12.7. The van der Waals surface area contributed by atoms with Gasteiger partial charge in [-0.3, -0.25) is 9.69 Å². The molecule has 0 unspecified atom stereocenters. The minimum Gasteiger partial charge on any atom is -0.465 e. The second-order valence-electron chi connectivity index (χ2n) is 7.53. The molecule has 0 N–H and O–H groups in total. The fourth-order valence-electron chi connectivity index (χ4n) is 4.06. The number of amides is 1. The molecule has 1 aromatic rings. The molecule has 0 bridgehead atoms. The second kappa shape index (κ2) is 9.17. The second-order valence-corrected chi connectivity index (χ2v) is 7.53. The van der Waals surface area contributed by atoms with Crippen LogP contribution in [0.3, 0.4) is 0 Å². The van der Waals surface area contributed by atoms with Gasteiger partial charge >= 0.3 is 5.97 Å². The average molecular weight is 358 g/mol. The molecule has 1 amide bonds. The van der Waals surface area contributed by atoms with Crippen molar-refractivity contribution in [3.8, 4) is 0 Å². The van der Waals surface area contributed by atoms with E-state index in [4.69, 9.17) is 4.74 Å². The van der Waals surface area contributed by atoms with Gasteiger partial charge in [-0.05, 0) is 30.0 Å². The first-order valence-corrected chi connectivity index (χ1v) is 9.83. The summed E-state index contributed by atoms with van der Waals surface area (Å²) < 4.78 is 4.73. The molecule has 5 nitrogen and oxygen atoms in total. The largest absolute Gasteiger partial charge is 0.465 e. The van der Waals surface area contributed by atoms with Crippen molar-refractivity contribution in [2.45, 2.75) is 45.1 Å². The number of ether oxygens (including phenoxy) is 1. The van der Waals surface area contributed by atoms with Crippen molar-refractivity contribution in [1.29, 1.82) is 0 Å². The van der Waals surface area contributed by atoms with Gasteiger partial charge < -0.3 is 9.64 Å². The molecule has 0 aromatic heterocycles. The summed E-state index contributed by atoms with van der Waals surface area (Å²) in [6, 6.07) is 7.57. The Labute approximate surface area is 156 Å². The van der Waals surface area contributed by atoms with E-state index in [1.807, 2.05) is 29.2 Å². The minimum absolute atomic E-state index is 0.304. The summed E-state index contributed by atoms with van der Waals surface area (Å²) in [4.78, 5) is 28.3. The summed E-state index contributed by atoms with van der Waals surface area (Å²) in [6.07, 6.45) is 7.12. The predicted molar refractivity (Wildman–Crippen MR) is 101 cm³/mol. The van der Waals surface area contributed by atoms with E-state index < -0.39 is 0 Å². The molecule has 2 fully saturated rings. The smallest absolute Gasteiger partial charge is 0.337 e. The molecule has 1 heterocycles. The molecule has 0 radical (unpaired) electrons. The lowest BCUT2D eigenvalue weighted by Gasteiger charge is -2.35. The first-order valence-electron chi connectivity index (χ1n) is 9.83. The van der Waals surface area contributed by atoms with E-state index in [1.165, 1.54) is 38.4 Å². The lowest BCUT2D eigenvalue weighted by Crippen LogP contribution is -2.48. The Morgan fingerprint density at radius 2 is 1.69 bits per heavy atom. The predicted octanol–water partition coefficient (Wildman–Crippen LogP) is 3.09. The molecule has 3 rings (SSSR count). The summed E-state index contributed by atoms with van der Waals surface area (Å²) in [5.41, 5.74) is 1.76. The zero-order valence-electron chi connectivity index (χ0n) is 15.8. The third kappa shape index (κ3) is 5.07. The molecule has 1 saturated carbocycles. The molecule has 0 atom stereocenters. The number of methoxy groups -OCH3 is 1. The minimum atomic E-state index is -0.304. The molecule has 1 aliphatic carbocycles. The van der Waals surface area contributed by atoms with Crippen molar-refractivity contribution in [3.05, 3.63) is 35.4 Å². The number of carbonyl (C=O) groups excluding carboxylic acids is 2. The number of esters is 1. The van der Waals surface area contributed by atoms with E-state index in [9.17, 15) is 9.59 Å². The van der Waals surface area contributed by atoms with Crippen molar-refractivity contribution < 1.29 is 14.3 Å². The Bertz CT molecular complexity index is 600. The van der Waals surface area contributed by atoms with Gasteiger partial charge in [0.05, 0.1) is 12.7 Å². The number of carbonyl (C=O) groups is 2. The maximum Gasteiger partial charge on any atom is 0.337 e. The van der Waals surface area contributed by atoms with Crippen molar-refractivity contribution in [3.63, 3.8) is 0 Å². The SMILES string of the molecule is COC(=O)c1ccc(CN2CCN(C(=O)CCC3CCCC3)CC2)cc1. The van der Waals surface area contributed by atoms with E-state index in [2.05, 4.69) is 4.90 Å². The van der Waals surface area contributed by atoms with Crippen LogP contribution in [0.1, 0.15) is 54.4 Å². The lowest BCUT2D eigenvalue weighted by atomic mass is 10.0. The summed E-state index contributed by atoms with van der Waals surface area (Å²) in [5, 5.41) is 0. The van der Waals surface area contributed by atoms with E-state index in [1.54, 1.807) is 0 Å². The third-order valence-corrected chi connectivity index (χ3v) is 5.75. The Kier molecular flexibility index (Phi) is 6.67. The monoisotopic (exact) mass is 358 g/mol. The van der Waals surface area contributed by atoms with Crippen LogP contribution in [-0.2, 0) is 16.1 Å². The van der Waals surface area contributed by atoms with Crippen molar-refractivity contribution in [1.82, 2.24) is 9.80 Å². The molecule has 2 aliphatic rings. The zero-order valence-corrected chi connectivity index (χ0v) is 15.8. The number of benzene rings is 1. The molecule has 1 aliphatic heterocycles. The van der Waals surface area contributed by atoms with E-state index in [0.29, 0.717) is 11.5 Å². The van der Waals surface area contributed by atoms with Gasteiger partial charge in [0, 0.05) is 39.1 Å². The Balaban J connectivity index is 1.40. The van der Waals surface area contributed by atoms with E-state index in [-0.39, 0.29) is 5.97 Å². The van der Waals surface area contributed by atoms with E-state index in [0.717, 1.165) is 51.5 Å². The van der Waals surface area contributed by atoms with Crippen LogP contribution in [0.25, 0.3) is 0 Å². The van der Waals surface area contributed by atoms with Gasteiger partial charge in [-0.25, -0.2) is 4.79 Å². The highest BCUT2D eigenvalue weighted by molar-refractivity contribution is 5.89. The maximum absolute atomic E-state index is 12.4. The highest BCUT2D eigenvalue weighted by Gasteiger charge is 2.23. The van der Waals surface area contributed by atoms with Crippen LogP contribution in [0.5, 0.6) is 0 Å². The lowest BCUT2D eigenvalue weighted by molar-refractivity contribution is -0.133. The van der Waals surface area contributed by atoms with Gasteiger partial charge in [-0.15, -0.1) is 0 Å². The Morgan fingerprint density at radius 3 is 2.31 bits per heavy atom. The molecule has 5 heteroatoms. The van der Waals surface area contributed by atoms with E-state index >= 15 is 0 Å². The Morgan fingerprint density at radius 1 is 1.04 bits per heavy atom. The number of rotatable bonds is 6. The van der Waals surface area contributed by atoms with Crippen LogP contribution >= 0.6 is 0 Å². The molecule has 142 valence electrons. The topological polar surface area (TPSA) is 49.9 Å². The summed E-state index contributed by atoms with van der Waals surface area (Å²) in [6.45, 7) is 4.32. The summed E-state index contributed by atoms with van der Waals surface area (Å²) in [5.74, 6) is 0.813. The summed E-state index contributed by atoms with van der Waals surface area (Å²) >= 11 is 0. The average Bonchev–Trinajstić information content (AvgIpc) is 3.20. The number of hydrogen-bond acceptors (Lipinski definition) is 4. The number of nitrogens with zero attached hydrogens (tertiary/aromatic N) is 2.